The molecule has 1 aromatic heterocycles. The maximum absolute atomic E-state index is 12.5. The largest absolute Gasteiger partial charge is 0.452 e. The standard InChI is InChI=1S/C17H19BrN2O5S2/c1-2-3-10-19-15(21)11-25-17(22)12-6-4-5-7-13(12)20-27(23,24)16-9-8-14(18)26-16/h4-9,20H,2-3,10-11H2,1H3,(H,19,21). The topological polar surface area (TPSA) is 102 Å². The second-order valence-corrected chi connectivity index (χ2v) is 9.86. The third-order valence-corrected chi connectivity index (χ3v) is 6.87. The SMILES string of the molecule is CCCCNC(=O)COC(=O)c1ccccc1NS(=O)(=O)c1ccc(Br)s1. The molecule has 1 aromatic carbocycles. The number of nitrogens with one attached hydrogen (secondary N) is 2. The molecule has 0 atom stereocenters. The zero-order chi connectivity index (χ0) is 19.9. The highest BCUT2D eigenvalue weighted by Crippen LogP contribution is 2.28. The lowest BCUT2D eigenvalue weighted by Gasteiger charge is -2.11. The quantitative estimate of drug-likeness (QED) is 0.428. The summed E-state index contributed by atoms with van der Waals surface area (Å²) in [6.07, 6.45) is 1.78. The van der Waals surface area contributed by atoms with Crippen molar-refractivity contribution in [3.05, 3.63) is 45.7 Å². The molecule has 0 radical (unpaired) electrons. The Bertz CT molecular complexity index is 912. The van der Waals surface area contributed by atoms with E-state index < -0.39 is 28.5 Å². The first kappa shape index (κ1) is 21.4. The van der Waals surface area contributed by atoms with Gasteiger partial charge in [0.2, 0.25) is 0 Å². The van der Waals surface area contributed by atoms with Crippen molar-refractivity contribution in [1.29, 1.82) is 0 Å². The van der Waals surface area contributed by atoms with Crippen molar-refractivity contribution < 1.29 is 22.7 Å². The maximum Gasteiger partial charge on any atom is 0.340 e. The van der Waals surface area contributed by atoms with Gasteiger partial charge in [-0.3, -0.25) is 9.52 Å². The lowest BCUT2D eigenvalue weighted by atomic mass is 10.2. The fraction of sp³-hybridized carbons (Fsp3) is 0.294. The van der Waals surface area contributed by atoms with Crippen LogP contribution in [0.3, 0.4) is 0 Å². The van der Waals surface area contributed by atoms with Gasteiger partial charge in [0.1, 0.15) is 4.21 Å². The van der Waals surface area contributed by atoms with Crippen LogP contribution < -0.4 is 10.0 Å². The summed E-state index contributed by atoms with van der Waals surface area (Å²) in [4.78, 5) is 23.9. The van der Waals surface area contributed by atoms with Gasteiger partial charge in [-0.1, -0.05) is 25.5 Å². The highest BCUT2D eigenvalue weighted by Gasteiger charge is 2.21. The van der Waals surface area contributed by atoms with Crippen molar-refractivity contribution in [3.8, 4) is 0 Å². The number of benzene rings is 1. The molecule has 0 bridgehead atoms. The van der Waals surface area contributed by atoms with Gasteiger partial charge in [0.05, 0.1) is 15.0 Å². The second kappa shape index (κ2) is 9.86. The Balaban J connectivity index is 2.06. The number of sulfonamides is 1. The normalized spacial score (nSPS) is 11.0. The fourth-order valence-electron chi connectivity index (χ4n) is 2.05. The summed E-state index contributed by atoms with van der Waals surface area (Å²) in [6.45, 7) is 2.08. The molecule has 1 heterocycles. The number of ether oxygens (including phenoxy) is 1. The first-order valence-electron chi connectivity index (χ1n) is 8.14. The number of hydrogen-bond acceptors (Lipinski definition) is 6. The van der Waals surface area contributed by atoms with Crippen LogP contribution in [0.1, 0.15) is 30.1 Å². The van der Waals surface area contributed by atoms with Gasteiger partial charge in [0, 0.05) is 6.54 Å². The third-order valence-electron chi connectivity index (χ3n) is 3.39. The first-order valence-corrected chi connectivity index (χ1v) is 11.2. The van der Waals surface area contributed by atoms with Gasteiger partial charge >= 0.3 is 5.97 Å². The average molecular weight is 475 g/mol. The summed E-state index contributed by atoms with van der Waals surface area (Å²) in [5, 5.41) is 2.64. The number of para-hydroxylation sites is 1. The van der Waals surface area contributed by atoms with E-state index in [-0.39, 0.29) is 15.5 Å². The van der Waals surface area contributed by atoms with E-state index in [4.69, 9.17) is 4.74 Å². The summed E-state index contributed by atoms with van der Waals surface area (Å²) in [6, 6.07) is 9.14. The fourth-order valence-corrected chi connectivity index (χ4v) is 5.14. The van der Waals surface area contributed by atoms with E-state index in [1.54, 1.807) is 18.2 Å². The van der Waals surface area contributed by atoms with Crippen LogP contribution in [0, 0.1) is 0 Å². The molecule has 0 unspecified atom stereocenters. The van der Waals surface area contributed by atoms with E-state index in [1.807, 2.05) is 6.92 Å². The summed E-state index contributed by atoms with van der Waals surface area (Å²) >= 11 is 4.27. The van der Waals surface area contributed by atoms with Gasteiger partial charge in [-0.15, -0.1) is 11.3 Å². The van der Waals surface area contributed by atoms with Crippen LogP contribution in [0.2, 0.25) is 0 Å². The van der Waals surface area contributed by atoms with Crippen molar-refractivity contribution >= 4 is 54.9 Å². The summed E-state index contributed by atoms with van der Waals surface area (Å²) in [7, 11) is -3.84. The molecule has 0 spiro atoms. The second-order valence-electron chi connectivity index (χ2n) is 5.49. The predicted molar refractivity (Wildman–Crippen MR) is 107 cm³/mol. The molecule has 0 saturated heterocycles. The van der Waals surface area contributed by atoms with Crippen molar-refractivity contribution in [2.75, 3.05) is 17.9 Å². The molecule has 0 aliphatic heterocycles. The minimum absolute atomic E-state index is 0.0260. The van der Waals surface area contributed by atoms with E-state index in [0.29, 0.717) is 10.3 Å². The molecular weight excluding hydrogens is 456 g/mol. The van der Waals surface area contributed by atoms with Crippen molar-refractivity contribution in [3.63, 3.8) is 0 Å². The van der Waals surface area contributed by atoms with Crippen LogP contribution in [0.15, 0.2) is 44.4 Å². The molecule has 2 rings (SSSR count). The molecule has 0 saturated carbocycles. The Kier molecular flexibility index (Phi) is 7.81. The van der Waals surface area contributed by atoms with Gasteiger partial charge in [-0.25, -0.2) is 13.2 Å². The number of hydrogen-bond donors (Lipinski definition) is 2. The van der Waals surface area contributed by atoms with Gasteiger partial charge in [0.15, 0.2) is 6.61 Å². The summed E-state index contributed by atoms with van der Waals surface area (Å²) in [5.41, 5.74) is 0.108. The Morgan fingerprint density at radius 3 is 2.59 bits per heavy atom. The van der Waals surface area contributed by atoms with E-state index >= 15 is 0 Å². The summed E-state index contributed by atoms with van der Waals surface area (Å²) < 4.78 is 33.1. The van der Waals surface area contributed by atoms with Crippen LogP contribution in [-0.2, 0) is 19.6 Å². The van der Waals surface area contributed by atoms with Gasteiger partial charge < -0.3 is 10.1 Å². The molecule has 1 amide bonds. The minimum atomic E-state index is -3.84. The van der Waals surface area contributed by atoms with Crippen molar-refractivity contribution in [1.82, 2.24) is 5.32 Å². The van der Waals surface area contributed by atoms with E-state index in [2.05, 4.69) is 26.0 Å². The number of thiophene rings is 1. The predicted octanol–water partition coefficient (Wildman–Crippen LogP) is 3.38. The Morgan fingerprint density at radius 2 is 1.93 bits per heavy atom. The van der Waals surface area contributed by atoms with Crippen molar-refractivity contribution in [2.45, 2.75) is 24.0 Å². The molecule has 7 nitrogen and oxygen atoms in total. The number of anilines is 1. The van der Waals surface area contributed by atoms with Crippen LogP contribution in [0.25, 0.3) is 0 Å². The number of carbonyl (C=O) groups is 2. The molecule has 0 aliphatic rings. The van der Waals surface area contributed by atoms with E-state index in [0.717, 1.165) is 24.2 Å². The molecule has 2 N–H and O–H groups in total. The Morgan fingerprint density at radius 1 is 1.19 bits per heavy atom. The Hall–Kier alpha value is -1.91. The van der Waals surface area contributed by atoms with Gasteiger partial charge in [0.25, 0.3) is 15.9 Å². The molecule has 146 valence electrons. The van der Waals surface area contributed by atoms with Crippen molar-refractivity contribution in [2.24, 2.45) is 0 Å². The highest BCUT2D eigenvalue weighted by atomic mass is 79.9. The smallest absolute Gasteiger partial charge is 0.340 e. The Labute approximate surface area is 170 Å². The zero-order valence-corrected chi connectivity index (χ0v) is 17.7. The monoisotopic (exact) mass is 474 g/mol. The van der Waals surface area contributed by atoms with Gasteiger partial charge in [-0.2, -0.15) is 0 Å². The maximum atomic E-state index is 12.5. The number of amides is 1. The molecule has 0 fully saturated rings. The minimum Gasteiger partial charge on any atom is -0.452 e. The van der Waals surface area contributed by atoms with E-state index in [1.165, 1.54) is 18.2 Å². The summed E-state index contributed by atoms with van der Waals surface area (Å²) in [5.74, 6) is -1.19. The average Bonchev–Trinajstić information content (AvgIpc) is 3.07. The number of halogens is 1. The number of carbonyl (C=O) groups excluding carboxylic acids is 2. The number of unbranched alkanes of at least 4 members (excludes halogenated alkanes) is 1. The first-order chi connectivity index (χ1) is 12.8. The molecule has 27 heavy (non-hydrogen) atoms. The van der Waals surface area contributed by atoms with Crippen LogP contribution >= 0.6 is 27.3 Å². The molecular formula is C17H19BrN2O5S2. The third kappa shape index (κ3) is 6.33. The van der Waals surface area contributed by atoms with Crippen LogP contribution in [-0.4, -0.2) is 33.4 Å². The van der Waals surface area contributed by atoms with Gasteiger partial charge in [-0.05, 0) is 46.6 Å². The lowest BCUT2D eigenvalue weighted by molar-refractivity contribution is -0.124. The number of esters is 1. The lowest BCUT2D eigenvalue weighted by Crippen LogP contribution is -2.29. The highest BCUT2D eigenvalue weighted by molar-refractivity contribution is 9.11. The molecule has 10 heteroatoms. The zero-order valence-electron chi connectivity index (χ0n) is 14.5. The molecule has 2 aromatic rings. The van der Waals surface area contributed by atoms with Crippen LogP contribution in [0.5, 0.6) is 0 Å². The molecule has 0 aliphatic carbocycles. The van der Waals surface area contributed by atoms with E-state index in [9.17, 15) is 18.0 Å². The number of rotatable bonds is 9. The van der Waals surface area contributed by atoms with Crippen LogP contribution in [0.4, 0.5) is 5.69 Å².